The fourth-order valence-corrected chi connectivity index (χ4v) is 3.84. The zero-order valence-electron chi connectivity index (χ0n) is 16.5. The minimum Gasteiger partial charge on any atom is -0.456 e. The molecule has 0 aliphatic carbocycles. The van der Waals surface area contributed by atoms with Gasteiger partial charge in [-0.15, -0.1) is 0 Å². The Balaban J connectivity index is 1.60. The topological polar surface area (TPSA) is 87.7 Å². The van der Waals surface area contributed by atoms with Crippen LogP contribution in [0.15, 0.2) is 53.7 Å². The van der Waals surface area contributed by atoms with E-state index < -0.39 is 18.0 Å². The second kappa shape index (κ2) is 7.84. The Morgan fingerprint density at radius 2 is 1.83 bits per heavy atom. The molecule has 154 valence electrons. The van der Waals surface area contributed by atoms with Crippen molar-refractivity contribution in [1.82, 2.24) is 10.2 Å². The fraction of sp³-hybridized carbons (Fsp3) is 0.227. The number of hydrogen-bond donors (Lipinski definition) is 2. The largest absolute Gasteiger partial charge is 0.456 e. The first kappa shape index (κ1) is 20.0. The first-order valence-electron chi connectivity index (χ1n) is 9.45. The van der Waals surface area contributed by atoms with Crippen molar-refractivity contribution in [1.29, 1.82) is 0 Å². The van der Waals surface area contributed by atoms with Crippen LogP contribution in [0.3, 0.4) is 0 Å². The minimum atomic E-state index is -0.655. The molecule has 30 heavy (non-hydrogen) atoms. The maximum Gasteiger partial charge on any atom is 0.338 e. The molecule has 7 nitrogen and oxygen atoms in total. The van der Waals surface area contributed by atoms with Gasteiger partial charge in [0.05, 0.1) is 17.3 Å². The third kappa shape index (κ3) is 3.64. The van der Waals surface area contributed by atoms with Gasteiger partial charge in [0.25, 0.3) is 0 Å². The van der Waals surface area contributed by atoms with Gasteiger partial charge in [0.15, 0.2) is 0 Å². The number of carbonyl (C=O) groups excluding carboxylic acids is 3. The minimum absolute atomic E-state index is 0.0532. The van der Waals surface area contributed by atoms with Gasteiger partial charge in [0, 0.05) is 10.7 Å². The van der Waals surface area contributed by atoms with E-state index in [1.165, 1.54) is 4.90 Å². The Kier molecular flexibility index (Phi) is 5.22. The Morgan fingerprint density at radius 3 is 2.50 bits per heavy atom. The number of esters is 1. The number of nitrogens with one attached hydrogen (secondary N) is 2. The molecule has 4 rings (SSSR count). The molecule has 2 aromatic carbocycles. The quantitative estimate of drug-likeness (QED) is 0.734. The Hall–Kier alpha value is -3.32. The number of ether oxygens (including phenoxy) is 1. The molecule has 0 spiro atoms. The number of aryl methyl sites for hydroxylation is 2. The number of halogens is 1. The smallest absolute Gasteiger partial charge is 0.338 e. The highest BCUT2D eigenvalue weighted by atomic mass is 35.5. The van der Waals surface area contributed by atoms with E-state index in [0.717, 1.165) is 11.1 Å². The maximum atomic E-state index is 12.8. The Labute approximate surface area is 178 Å². The summed E-state index contributed by atoms with van der Waals surface area (Å²) >= 11 is 5.94. The van der Waals surface area contributed by atoms with E-state index in [9.17, 15) is 14.4 Å². The van der Waals surface area contributed by atoms with E-state index in [2.05, 4.69) is 10.6 Å². The third-order valence-electron chi connectivity index (χ3n) is 5.25. The van der Waals surface area contributed by atoms with Gasteiger partial charge in [-0.3, -0.25) is 9.69 Å². The van der Waals surface area contributed by atoms with E-state index in [-0.39, 0.29) is 19.1 Å². The molecule has 2 heterocycles. The molecule has 0 fully saturated rings. The predicted molar refractivity (Wildman–Crippen MR) is 112 cm³/mol. The number of nitrogens with zero attached hydrogens (tertiary/aromatic N) is 1. The van der Waals surface area contributed by atoms with Gasteiger partial charge in [-0.2, -0.15) is 0 Å². The second-order valence-corrected chi connectivity index (χ2v) is 7.71. The number of para-hydroxylation sites is 1. The van der Waals surface area contributed by atoms with Crippen LogP contribution in [-0.2, 0) is 14.3 Å². The summed E-state index contributed by atoms with van der Waals surface area (Å²) in [5.41, 5.74) is 4.00. The van der Waals surface area contributed by atoms with Gasteiger partial charge in [0.2, 0.25) is 5.91 Å². The van der Waals surface area contributed by atoms with E-state index in [0.29, 0.717) is 27.5 Å². The normalized spacial score (nSPS) is 18.1. The summed E-state index contributed by atoms with van der Waals surface area (Å²) in [7, 11) is 0. The summed E-state index contributed by atoms with van der Waals surface area (Å²) in [5.74, 6) is -0.871. The van der Waals surface area contributed by atoms with Crippen LogP contribution in [-0.4, -0.2) is 36.0 Å². The van der Waals surface area contributed by atoms with Crippen LogP contribution in [0.2, 0.25) is 5.02 Å². The Bertz CT molecular complexity index is 1060. The maximum absolute atomic E-state index is 12.8. The van der Waals surface area contributed by atoms with Gasteiger partial charge in [-0.1, -0.05) is 41.9 Å². The summed E-state index contributed by atoms with van der Waals surface area (Å²) in [4.78, 5) is 39.2. The van der Waals surface area contributed by atoms with E-state index in [4.69, 9.17) is 16.3 Å². The number of rotatable bonds is 4. The van der Waals surface area contributed by atoms with Crippen molar-refractivity contribution in [3.05, 3.63) is 75.4 Å². The molecule has 2 aliphatic rings. The monoisotopic (exact) mass is 425 g/mol. The van der Waals surface area contributed by atoms with Crippen molar-refractivity contribution < 1.29 is 19.1 Å². The number of cyclic esters (lactones) is 1. The molecule has 0 saturated carbocycles. The van der Waals surface area contributed by atoms with Gasteiger partial charge in [-0.25, -0.2) is 9.59 Å². The number of anilines is 1. The number of benzene rings is 2. The average molecular weight is 426 g/mol. The number of hydrogen-bond acceptors (Lipinski definition) is 4. The van der Waals surface area contributed by atoms with Crippen molar-refractivity contribution in [2.24, 2.45) is 0 Å². The second-order valence-electron chi connectivity index (χ2n) is 7.27. The molecular weight excluding hydrogens is 406 g/mol. The lowest BCUT2D eigenvalue weighted by Gasteiger charge is -2.32. The Morgan fingerprint density at radius 1 is 1.17 bits per heavy atom. The van der Waals surface area contributed by atoms with Crippen LogP contribution in [0.5, 0.6) is 0 Å². The molecule has 0 unspecified atom stereocenters. The van der Waals surface area contributed by atoms with Crippen molar-refractivity contribution >= 4 is 35.2 Å². The molecule has 2 N–H and O–H groups in total. The van der Waals surface area contributed by atoms with E-state index >= 15 is 0 Å². The van der Waals surface area contributed by atoms with Crippen molar-refractivity contribution in [2.45, 2.75) is 19.9 Å². The van der Waals surface area contributed by atoms with Gasteiger partial charge >= 0.3 is 12.0 Å². The van der Waals surface area contributed by atoms with E-state index in [1.807, 2.05) is 32.0 Å². The highest BCUT2D eigenvalue weighted by Gasteiger charge is 2.42. The van der Waals surface area contributed by atoms with Crippen LogP contribution >= 0.6 is 11.6 Å². The SMILES string of the molecule is Cc1cccc(C)c1NC(=O)CN1C(=O)N[C@@H](c2ccc(Cl)cc2)C2=C1COC2=O. The highest BCUT2D eigenvalue weighted by molar-refractivity contribution is 6.30. The van der Waals surface area contributed by atoms with Gasteiger partial charge in [0.1, 0.15) is 13.2 Å². The van der Waals surface area contributed by atoms with Crippen molar-refractivity contribution in [2.75, 3.05) is 18.5 Å². The number of carbonyl (C=O) groups is 3. The summed E-state index contributed by atoms with van der Waals surface area (Å²) in [5, 5.41) is 6.21. The lowest BCUT2D eigenvalue weighted by Crippen LogP contribution is -2.49. The third-order valence-corrected chi connectivity index (χ3v) is 5.50. The van der Waals surface area contributed by atoms with Crippen LogP contribution in [0.4, 0.5) is 10.5 Å². The zero-order chi connectivity index (χ0) is 21.4. The molecule has 0 aromatic heterocycles. The summed E-state index contributed by atoms with van der Waals surface area (Å²) < 4.78 is 5.19. The molecule has 0 bridgehead atoms. The summed E-state index contributed by atoms with van der Waals surface area (Å²) in [6.45, 7) is 3.51. The zero-order valence-corrected chi connectivity index (χ0v) is 17.2. The standard InChI is InChI=1S/C22H20ClN3O4/c1-12-4-3-5-13(2)19(12)24-17(27)10-26-16-11-30-21(28)18(16)20(25-22(26)29)14-6-8-15(23)9-7-14/h3-9,20H,10-11H2,1-2H3,(H,24,27)(H,25,29)/t20-/m0/s1. The highest BCUT2D eigenvalue weighted by Crippen LogP contribution is 2.35. The number of amides is 3. The molecule has 2 aromatic rings. The molecule has 1 atom stereocenters. The van der Waals surface area contributed by atoms with E-state index in [1.54, 1.807) is 24.3 Å². The first-order chi connectivity index (χ1) is 14.3. The predicted octanol–water partition coefficient (Wildman–Crippen LogP) is 3.47. The first-order valence-corrected chi connectivity index (χ1v) is 9.82. The lowest BCUT2D eigenvalue weighted by molar-refractivity contribution is -0.136. The molecule has 8 heteroatoms. The van der Waals surface area contributed by atoms with Crippen LogP contribution in [0.25, 0.3) is 0 Å². The van der Waals surface area contributed by atoms with Crippen LogP contribution in [0, 0.1) is 13.8 Å². The fourth-order valence-electron chi connectivity index (χ4n) is 3.72. The summed E-state index contributed by atoms with van der Waals surface area (Å²) in [6.07, 6.45) is 0. The van der Waals surface area contributed by atoms with Crippen molar-refractivity contribution in [3.8, 4) is 0 Å². The summed E-state index contributed by atoms with van der Waals surface area (Å²) in [6, 6.07) is 11.4. The molecular formula is C22H20ClN3O4. The van der Waals surface area contributed by atoms with Crippen LogP contribution < -0.4 is 10.6 Å². The molecule has 0 radical (unpaired) electrons. The van der Waals surface area contributed by atoms with Crippen LogP contribution in [0.1, 0.15) is 22.7 Å². The molecule has 0 saturated heterocycles. The van der Waals surface area contributed by atoms with Crippen molar-refractivity contribution in [3.63, 3.8) is 0 Å². The van der Waals surface area contributed by atoms with Gasteiger partial charge < -0.3 is 15.4 Å². The average Bonchev–Trinajstić information content (AvgIpc) is 3.09. The van der Waals surface area contributed by atoms with Gasteiger partial charge in [-0.05, 0) is 42.7 Å². The molecule has 3 amide bonds. The molecule has 2 aliphatic heterocycles. The number of urea groups is 1. The lowest BCUT2D eigenvalue weighted by atomic mass is 9.96.